The Morgan fingerprint density at radius 2 is 1.45 bits per heavy atom. The largest absolute Gasteiger partial charge is 0.373 e. The van der Waals surface area contributed by atoms with E-state index in [0.29, 0.717) is 4.88 Å². The first-order valence-electron chi connectivity index (χ1n) is 5.36. The number of benzene rings is 1. The fourth-order valence-corrected chi connectivity index (χ4v) is 3.01. The summed E-state index contributed by atoms with van der Waals surface area (Å²) >= 11 is 4.51. The quantitative estimate of drug-likeness (QED) is 0.434. The van der Waals surface area contributed by atoms with Crippen LogP contribution in [0.3, 0.4) is 0 Å². The molecule has 0 aliphatic carbocycles. The van der Waals surface area contributed by atoms with Gasteiger partial charge >= 0.3 is 0 Å². The van der Waals surface area contributed by atoms with Gasteiger partial charge in [-0.15, -0.1) is 11.3 Å². The summed E-state index contributed by atoms with van der Waals surface area (Å²) in [6, 6.07) is 2.79. The molecule has 0 fully saturated rings. The van der Waals surface area contributed by atoms with E-state index in [2.05, 4.69) is 21.2 Å². The van der Waals surface area contributed by atoms with Crippen LogP contribution < -0.4 is 5.32 Å². The normalized spacial score (nSPS) is 12.6. The molecule has 8 heteroatoms. The van der Waals surface area contributed by atoms with E-state index in [4.69, 9.17) is 0 Å². The summed E-state index contributed by atoms with van der Waals surface area (Å²) in [5.41, 5.74) is -1.03. The molecule has 108 valence electrons. The molecule has 0 saturated heterocycles. The van der Waals surface area contributed by atoms with Crippen LogP contribution in [0.15, 0.2) is 15.9 Å². The van der Waals surface area contributed by atoms with Crippen LogP contribution in [0, 0.1) is 29.1 Å². The number of thiophene rings is 1. The zero-order chi connectivity index (χ0) is 15.0. The highest BCUT2D eigenvalue weighted by molar-refractivity contribution is 9.11. The lowest BCUT2D eigenvalue weighted by molar-refractivity contribution is 0.381. The van der Waals surface area contributed by atoms with Gasteiger partial charge < -0.3 is 5.32 Å². The summed E-state index contributed by atoms with van der Waals surface area (Å²) in [6.07, 6.45) is 0. The number of halogens is 6. The predicted octanol–water partition coefficient (Wildman–Crippen LogP) is 5.38. The van der Waals surface area contributed by atoms with Crippen LogP contribution in [0.2, 0.25) is 0 Å². The maximum absolute atomic E-state index is 13.5. The second-order valence-corrected chi connectivity index (χ2v) is 6.45. The summed E-state index contributed by atoms with van der Waals surface area (Å²) in [5, 5.41) is 2.31. The summed E-state index contributed by atoms with van der Waals surface area (Å²) in [5.74, 6) is -9.85. The SMILES string of the molecule is CC(Nc1c(F)c(F)c(F)c(F)c1F)c1ccc(Br)s1. The Hall–Kier alpha value is -1.15. The van der Waals surface area contributed by atoms with Crippen LogP contribution in [-0.2, 0) is 0 Å². The molecule has 0 radical (unpaired) electrons. The lowest BCUT2D eigenvalue weighted by Gasteiger charge is -2.16. The average molecular weight is 372 g/mol. The summed E-state index contributed by atoms with van der Waals surface area (Å²) < 4.78 is 66.8. The third-order valence-electron chi connectivity index (χ3n) is 2.59. The molecule has 2 aromatic rings. The van der Waals surface area contributed by atoms with Gasteiger partial charge in [-0.1, -0.05) is 0 Å². The molecular formula is C12H7BrF5NS. The molecule has 1 N–H and O–H groups in total. The van der Waals surface area contributed by atoms with Crippen molar-refractivity contribution < 1.29 is 22.0 Å². The molecule has 1 heterocycles. The van der Waals surface area contributed by atoms with Gasteiger partial charge in [-0.25, -0.2) is 22.0 Å². The lowest BCUT2D eigenvalue weighted by atomic mass is 10.2. The molecule has 0 amide bonds. The highest BCUT2D eigenvalue weighted by Crippen LogP contribution is 2.33. The smallest absolute Gasteiger partial charge is 0.200 e. The first kappa shape index (κ1) is 15.2. The van der Waals surface area contributed by atoms with Gasteiger partial charge in [0.1, 0.15) is 5.69 Å². The van der Waals surface area contributed by atoms with Crippen molar-refractivity contribution in [2.75, 3.05) is 5.32 Å². The van der Waals surface area contributed by atoms with Crippen LogP contribution in [0.4, 0.5) is 27.6 Å². The molecule has 1 aromatic carbocycles. The Bertz CT molecular complexity index is 629. The van der Waals surface area contributed by atoms with Gasteiger partial charge in [0.15, 0.2) is 23.3 Å². The van der Waals surface area contributed by atoms with Crippen LogP contribution in [0.25, 0.3) is 0 Å². The fraction of sp³-hybridized carbons (Fsp3) is 0.167. The fourth-order valence-electron chi connectivity index (χ4n) is 1.58. The molecule has 20 heavy (non-hydrogen) atoms. The first-order valence-corrected chi connectivity index (χ1v) is 6.97. The van der Waals surface area contributed by atoms with Crippen LogP contribution >= 0.6 is 27.3 Å². The topological polar surface area (TPSA) is 12.0 Å². The zero-order valence-corrected chi connectivity index (χ0v) is 12.3. The van der Waals surface area contributed by atoms with Gasteiger partial charge in [0.25, 0.3) is 0 Å². The van der Waals surface area contributed by atoms with E-state index in [1.165, 1.54) is 11.3 Å². The van der Waals surface area contributed by atoms with E-state index in [-0.39, 0.29) is 0 Å². The predicted molar refractivity (Wildman–Crippen MR) is 70.3 cm³/mol. The van der Waals surface area contributed by atoms with E-state index < -0.39 is 40.8 Å². The van der Waals surface area contributed by atoms with Crippen molar-refractivity contribution in [3.05, 3.63) is 49.9 Å². The molecule has 0 saturated carbocycles. The van der Waals surface area contributed by atoms with Crippen molar-refractivity contribution in [2.24, 2.45) is 0 Å². The lowest BCUT2D eigenvalue weighted by Crippen LogP contribution is -2.12. The summed E-state index contributed by atoms with van der Waals surface area (Å²) in [7, 11) is 0. The van der Waals surface area contributed by atoms with Gasteiger partial charge in [0, 0.05) is 4.88 Å². The Morgan fingerprint density at radius 3 is 1.90 bits per heavy atom. The van der Waals surface area contributed by atoms with Crippen molar-refractivity contribution in [2.45, 2.75) is 13.0 Å². The highest BCUT2D eigenvalue weighted by atomic mass is 79.9. The number of nitrogens with one attached hydrogen (secondary N) is 1. The maximum Gasteiger partial charge on any atom is 0.200 e. The summed E-state index contributed by atoms with van der Waals surface area (Å²) in [4.78, 5) is 0.681. The third kappa shape index (κ3) is 2.67. The van der Waals surface area contributed by atoms with Crippen molar-refractivity contribution in [3.63, 3.8) is 0 Å². The van der Waals surface area contributed by atoms with E-state index >= 15 is 0 Å². The van der Waals surface area contributed by atoms with E-state index in [1.807, 2.05) is 0 Å². The van der Waals surface area contributed by atoms with Crippen LogP contribution in [-0.4, -0.2) is 0 Å². The first-order chi connectivity index (χ1) is 9.32. The van der Waals surface area contributed by atoms with Crippen molar-refractivity contribution in [3.8, 4) is 0 Å². The molecule has 1 atom stereocenters. The Morgan fingerprint density at radius 1 is 0.950 bits per heavy atom. The van der Waals surface area contributed by atoms with E-state index in [0.717, 1.165) is 3.79 Å². The molecule has 0 aliphatic rings. The van der Waals surface area contributed by atoms with E-state index in [1.54, 1.807) is 19.1 Å². The number of hydrogen-bond donors (Lipinski definition) is 1. The minimum absolute atomic E-state index is 0.612. The monoisotopic (exact) mass is 371 g/mol. The maximum atomic E-state index is 13.5. The average Bonchev–Trinajstić information content (AvgIpc) is 2.85. The molecular weight excluding hydrogens is 365 g/mol. The van der Waals surface area contributed by atoms with Gasteiger partial charge in [0.2, 0.25) is 5.82 Å². The standard InChI is InChI=1S/C12H7BrF5NS/c1-4(5-2-3-6(13)20-5)19-12-10(17)8(15)7(14)9(16)11(12)18/h2-4,19H,1H3. The zero-order valence-electron chi connectivity index (χ0n) is 9.91. The number of rotatable bonds is 3. The Kier molecular flexibility index (Phi) is 4.33. The number of anilines is 1. The molecule has 0 bridgehead atoms. The minimum Gasteiger partial charge on any atom is -0.373 e. The van der Waals surface area contributed by atoms with Crippen LogP contribution in [0.5, 0.6) is 0 Å². The van der Waals surface area contributed by atoms with Crippen molar-refractivity contribution in [1.29, 1.82) is 0 Å². The van der Waals surface area contributed by atoms with Crippen LogP contribution in [0.1, 0.15) is 17.8 Å². The van der Waals surface area contributed by atoms with Crippen molar-refractivity contribution >= 4 is 33.0 Å². The number of hydrogen-bond acceptors (Lipinski definition) is 2. The Balaban J connectivity index is 2.39. The van der Waals surface area contributed by atoms with Gasteiger partial charge in [-0.2, -0.15) is 0 Å². The minimum atomic E-state index is -2.17. The molecule has 0 aliphatic heterocycles. The molecule has 1 aromatic heterocycles. The molecule has 2 rings (SSSR count). The van der Waals surface area contributed by atoms with Gasteiger partial charge in [0.05, 0.1) is 9.83 Å². The van der Waals surface area contributed by atoms with Crippen molar-refractivity contribution in [1.82, 2.24) is 0 Å². The van der Waals surface area contributed by atoms with Gasteiger partial charge in [-0.05, 0) is 35.0 Å². The molecule has 0 spiro atoms. The molecule has 1 unspecified atom stereocenters. The van der Waals surface area contributed by atoms with Gasteiger partial charge in [-0.3, -0.25) is 0 Å². The second kappa shape index (κ2) is 5.69. The van der Waals surface area contributed by atoms with E-state index in [9.17, 15) is 22.0 Å². The third-order valence-corrected chi connectivity index (χ3v) is 4.40. The second-order valence-electron chi connectivity index (χ2n) is 3.95. The summed E-state index contributed by atoms with van der Waals surface area (Å²) in [6.45, 7) is 1.55. The molecule has 1 nitrogen and oxygen atoms in total. The Labute approximate surface area is 123 Å². The highest BCUT2D eigenvalue weighted by Gasteiger charge is 2.26.